The fraction of sp³-hybridized carbons (Fsp3) is 0.330. The van der Waals surface area contributed by atoms with E-state index in [2.05, 4.69) is 399 Å². The number of pyridine rings is 5. The van der Waals surface area contributed by atoms with Gasteiger partial charge in [-0.3, -0.25) is 0 Å². The van der Waals surface area contributed by atoms with Gasteiger partial charge >= 0.3 is 0 Å². The molecule has 3 aliphatic rings. The van der Waals surface area contributed by atoms with Crippen LogP contribution in [0.15, 0.2) is 237 Å². The molecule has 3 fully saturated rings. The second-order valence-corrected chi connectivity index (χ2v) is 35.6. The lowest BCUT2D eigenvalue weighted by molar-refractivity contribution is -0.659. The minimum atomic E-state index is 0.533. The highest BCUT2D eigenvalue weighted by Gasteiger charge is 2.30. The van der Waals surface area contributed by atoms with E-state index in [1.807, 2.05) is 0 Å². The maximum absolute atomic E-state index is 2.44. The summed E-state index contributed by atoms with van der Waals surface area (Å²) in [4.78, 5) is 0. The van der Waals surface area contributed by atoms with Gasteiger partial charge in [0.05, 0.1) is 43.6 Å². The summed E-state index contributed by atoms with van der Waals surface area (Å²) in [6.45, 7) is 33.4. The molecule has 0 atom stereocenters. The molecule has 3 saturated carbocycles. The molecule has 5 heteroatoms. The molecule has 0 radical (unpaired) electrons. The summed E-state index contributed by atoms with van der Waals surface area (Å²) in [6, 6.07) is 76.8. The third-order valence-electron chi connectivity index (χ3n) is 26.6. The van der Waals surface area contributed by atoms with Crippen molar-refractivity contribution in [3.05, 3.63) is 326 Å². The van der Waals surface area contributed by atoms with Gasteiger partial charge in [0.15, 0.2) is 31.0 Å². The molecular weight excluding hydrogens is 1420 g/mol. The Morgan fingerprint density at radius 3 is 1.12 bits per heavy atom. The number of hydrogen-bond donors (Lipinski definition) is 0. The monoisotopic (exact) mass is 1540 g/mol. The van der Waals surface area contributed by atoms with Gasteiger partial charge in [-0.05, 0) is 299 Å². The summed E-state index contributed by atoms with van der Waals surface area (Å²) in [7, 11) is 10.8. The Morgan fingerprint density at radius 1 is 0.265 bits per heavy atom. The van der Waals surface area contributed by atoms with Gasteiger partial charge in [-0.15, -0.1) is 0 Å². The number of benzene rings is 10. The zero-order chi connectivity index (χ0) is 82.6. The summed E-state index contributed by atoms with van der Waals surface area (Å²) in [5.41, 5.74) is 35.7. The average molecular weight is 1540 g/mol. The zero-order valence-electron chi connectivity index (χ0n) is 74.1. The number of aromatic nitrogens is 5. The number of fused-ring (bicyclic) bond motifs is 5. The highest BCUT2D eigenvalue weighted by atomic mass is 14.9. The summed E-state index contributed by atoms with van der Waals surface area (Å²) >= 11 is 0. The molecule has 10 aromatic carbocycles. The molecule has 5 heterocycles. The second-order valence-electron chi connectivity index (χ2n) is 35.6. The van der Waals surface area contributed by atoms with Crippen molar-refractivity contribution in [2.24, 2.45) is 35.2 Å². The molecular formula is C112H128N5+5. The first-order chi connectivity index (χ1) is 56.3. The number of aryl methyl sites for hydroxylation is 13. The Hall–Kier alpha value is -10.8. The molecule has 596 valence electrons. The van der Waals surface area contributed by atoms with Gasteiger partial charge in [0.2, 0.25) is 28.5 Å². The van der Waals surface area contributed by atoms with Crippen molar-refractivity contribution in [2.75, 3.05) is 0 Å². The van der Waals surface area contributed by atoms with Crippen LogP contribution < -0.4 is 22.8 Å². The van der Waals surface area contributed by atoms with Crippen LogP contribution in [0, 0.1) is 76.2 Å². The molecule has 0 N–H and O–H groups in total. The van der Waals surface area contributed by atoms with Crippen molar-refractivity contribution in [1.82, 2.24) is 0 Å². The smallest absolute Gasteiger partial charge is 0.200 e. The van der Waals surface area contributed by atoms with Crippen LogP contribution in [-0.4, -0.2) is 0 Å². The number of rotatable bonds is 10. The fourth-order valence-electron chi connectivity index (χ4n) is 19.9. The van der Waals surface area contributed by atoms with Crippen LogP contribution in [0.1, 0.15) is 223 Å². The standard InChI is InChI=1S/3C24H28N.2C20H22N/c1-16-13-17(2)18(3)22(14-16)24-21-12-8-7-11-20(21)23(15-25(24)4)19-9-5-6-10-19;1-16-14-17(2)18(3)23(15-16)24-22-11-7-10-20(19-8-5-6-9-19)21(22)12-13-25(24)4;1-16-13-17(2)18(3)23(14-16)24-22-10-9-20(19-7-5-6-8-19)15-21(22)11-12-25(24)4;1-14(2)16-10-7-11-19-18(16)12-13-21(4)20(19)17-9-6-5-8-15(17)3;1-14(2)16-9-10-19-17(13-16)11-12-21(4)20(19)18-8-6-5-7-15(18)3/h7-8,11-15,19H,5-6,9-10H2,1-4H3;7,10-15,19H,5-6,8-9H2,1-4H3;9-15,19H,5-8H2,1-4H3;2*5-14H,1-4H3/q5*+1. The van der Waals surface area contributed by atoms with Gasteiger partial charge in [0.25, 0.3) is 0 Å². The molecule has 0 saturated heterocycles. The van der Waals surface area contributed by atoms with E-state index in [-0.39, 0.29) is 0 Å². The van der Waals surface area contributed by atoms with E-state index in [4.69, 9.17) is 0 Å². The predicted octanol–water partition coefficient (Wildman–Crippen LogP) is 27.3. The quantitative estimate of drug-likeness (QED) is 0.122. The minimum absolute atomic E-state index is 0.533. The van der Waals surface area contributed by atoms with Crippen molar-refractivity contribution < 1.29 is 22.8 Å². The van der Waals surface area contributed by atoms with E-state index in [9.17, 15) is 0 Å². The summed E-state index contributed by atoms with van der Waals surface area (Å²) < 4.78 is 11.4. The van der Waals surface area contributed by atoms with Gasteiger partial charge in [-0.25, -0.2) is 22.8 Å². The highest BCUT2D eigenvalue weighted by Crippen LogP contribution is 2.44. The van der Waals surface area contributed by atoms with Crippen molar-refractivity contribution in [2.45, 2.75) is 210 Å². The third kappa shape index (κ3) is 17.5. The third-order valence-corrected chi connectivity index (χ3v) is 26.6. The van der Waals surface area contributed by atoms with Crippen LogP contribution in [-0.2, 0) is 35.2 Å². The van der Waals surface area contributed by atoms with Crippen molar-refractivity contribution >= 4 is 53.9 Å². The molecule has 3 aliphatic carbocycles. The second kappa shape index (κ2) is 36.0. The van der Waals surface area contributed by atoms with Crippen LogP contribution in [0.4, 0.5) is 0 Å². The molecule has 0 unspecified atom stereocenters. The van der Waals surface area contributed by atoms with E-state index in [0.29, 0.717) is 11.8 Å². The van der Waals surface area contributed by atoms with Crippen LogP contribution in [0.3, 0.4) is 0 Å². The normalized spacial score (nSPS) is 13.8. The summed E-state index contributed by atoms with van der Waals surface area (Å²) in [6.07, 6.45) is 27.6. The Morgan fingerprint density at radius 2 is 0.632 bits per heavy atom. The Kier molecular flexibility index (Phi) is 25.5. The lowest BCUT2D eigenvalue weighted by atomic mass is 9.89. The largest absolute Gasteiger partial charge is 0.220 e. The Balaban J connectivity index is 0.000000121. The van der Waals surface area contributed by atoms with Gasteiger partial charge in [0.1, 0.15) is 35.2 Å². The van der Waals surface area contributed by atoms with E-state index >= 15 is 0 Å². The van der Waals surface area contributed by atoms with Crippen molar-refractivity contribution in [1.29, 1.82) is 0 Å². The number of nitrogens with zero attached hydrogens (tertiary/aromatic N) is 5. The van der Waals surface area contributed by atoms with E-state index in [0.717, 1.165) is 17.8 Å². The maximum atomic E-state index is 2.44. The first kappa shape index (κ1) is 82.8. The Labute approximate surface area is 700 Å². The molecule has 0 bridgehead atoms. The Bertz CT molecular complexity index is 6110. The van der Waals surface area contributed by atoms with Crippen LogP contribution in [0.25, 0.3) is 110 Å². The summed E-state index contributed by atoms with van der Waals surface area (Å²) in [5, 5.41) is 13.7. The average Bonchev–Trinajstić information content (AvgIpc) is 1.58. The SMILES string of the molecule is Cc1cc(C)c(C)c(-c2c3ccc(C4CCCC4)cc3cc[n+]2C)c1.Cc1cc(C)c(C)c(-c2c3cccc(C4CCCC4)c3cc[n+]2C)c1.Cc1cc(C)c(C)c(-c2c3ccccc3c(C3CCCC3)c[n+]2C)c1.Cc1ccccc1-c1c2ccc(C(C)C)cc2cc[n+]1C.Cc1ccccc1-c1c2cccc(C(C)C)c2cc[n+]1C. The first-order valence-corrected chi connectivity index (χ1v) is 43.8. The van der Waals surface area contributed by atoms with Crippen molar-refractivity contribution in [3.63, 3.8) is 0 Å². The highest BCUT2D eigenvalue weighted by molar-refractivity contribution is 5.99. The molecule has 117 heavy (non-hydrogen) atoms. The molecule has 0 aliphatic heterocycles. The fourth-order valence-corrected chi connectivity index (χ4v) is 19.9. The first-order valence-electron chi connectivity index (χ1n) is 43.8. The minimum Gasteiger partial charge on any atom is -0.200 e. The topological polar surface area (TPSA) is 19.4 Å². The van der Waals surface area contributed by atoms with Gasteiger partial charge < -0.3 is 0 Å². The molecule has 15 aromatic rings. The lowest BCUT2D eigenvalue weighted by Crippen LogP contribution is -2.32. The number of hydrogen-bond acceptors (Lipinski definition) is 0. The maximum Gasteiger partial charge on any atom is 0.220 e. The predicted molar refractivity (Wildman–Crippen MR) is 497 cm³/mol. The van der Waals surface area contributed by atoms with Gasteiger partial charge in [-0.1, -0.05) is 204 Å². The molecule has 5 nitrogen and oxygen atoms in total. The van der Waals surface area contributed by atoms with Crippen LogP contribution in [0.2, 0.25) is 0 Å². The molecule has 18 rings (SSSR count). The molecule has 0 amide bonds. The zero-order valence-corrected chi connectivity index (χ0v) is 74.1. The molecule has 0 spiro atoms. The van der Waals surface area contributed by atoms with Crippen LogP contribution >= 0.6 is 0 Å². The van der Waals surface area contributed by atoms with Crippen LogP contribution in [0.5, 0.6) is 0 Å². The molecule has 5 aromatic heterocycles. The van der Waals surface area contributed by atoms with Gasteiger partial charge in [-0.2, -0.15) is 0 Å². The van der Waals surface area contributed by atoms with Crippen molar-refractivity contribution in [3.8, 4) is 56.3 Å². The van der Waals surface area contributed by atoms with E-state index < -0.39 is 0 Å². The van der Waals surface area contributed by atoms with E-state index in [1.54, 1.807) is 11.1 Å². The summed E-state index contributed by atoms with van der Waals surface area (Å²) in [5.74, 6) is 3.33. The lowest BCUT2D eigenvalue weighted by Gasteiger charge is -2.16. The van der Waals surface area contributed by atoms with Gasteiger partial charge in [0, 0.05) is 41.0 Å². The van der Waals surface area contributed by atoms with E-state index in [1.165, 1.54) is 265 Å².